The van der Waals surface area contributed by atoms with Gasteiger partial charge in [0.05, 0.1) is 18.0 Å². The average Bonchev–Trinajstić information content (AvgIpc) is 3.63. The van der Waals surface area contributed by atoms with Crippen LogP contribution in [0.2, 0.25) is 0 Å². The number of aromatic amines is 1. The summed E-state index contributed by atoms with van der Waals surface area (Å²) < 4.78 is 0. The summed E-state index contributed by atoms with van der Waals surface area (Å²) in [5.74, 6) is 0.788. The van der Waals surface area contributed by atoms with Gasteiger partial charge in [0.1, 0.15) is 11.4 Å². The SMILES string of the molecule is CCCCCC1CCC2(CC1)N=C(C1=CC(Cl)=CC(Cl)C1)C(=O)N2C(CCC(C)(C)C)c1ccc(C(=O)NCc2nn[nH]n2)cc1. The molecule has 2 amide bonds. The van der Waals surface area contributed by atoms with Crippen molar-refractivity contribution in [2.24, 2.45) is 16.3 Å². The molecular weight excluding hydrogens is 621 g/mol. The molecule has 0 bridgehead atoms. The van der Waals surface area contributed by atoms with Gasteiger partial charge >= 0.3 is 0 Å². The molecule has 0 saturated heterocycles. The fourth-order valence-electron chi connectivity index (χ4n) is 6.99. The van der Waals surface area contributed by atoms with Crippen LogP contribution in [0.1, 0.15) is 126 Å². The van der Waals surface area contributed by atoms with Crippen molar-refractivity contribution in [1.29, 1.82) is 0 Å². The van der Waals surface area contributed by atoms with Gasteiger partial charge in [-0.25, -0.2) is 0 Å². The zero-order chi connectivity index (χ0) is 32.9. The second-order valence-electron chi connectivity index (χ2n) is 14.2. The molecule has 1 aromatic carbocycles. The summed E-state index contributed by atoms with van der Waals surface area (Å²) in [6.07, 6.45) is 14.6. The molecule has 1 fully saturated rings. The van der Waals surface area contributed by atoms with E-state index in [0.717, 1.165) is 49.7 Å². The van der Waals surface area contributed by atoms with Gasteiger partial charge in [-0.2, -0.15) is 5.21 Å². The fourth-order valence-corrected chi connectivity index (χ4v) is 7.64. The van der Waals surface area contributed by atoms with Crippen LogP contribution in [0.25, 0.3) is 0 Å². The monoisotopic (exact) mass is 667 g/mol. The number of nitrogens with zero attached hydrogens (tertiary/aromatic N) is 5. The normalized spacial score (nSPS) is 24.1. The number of amides is 2. The van der Waals surface area contributed by atoms with Crippen molar-refractivity contribution in [1.82, 2.24) is 30.8 Å². The van der Waals surface area contributed by atoms with Crippen LogP contribution in [-0.2, 0) is 11.3 Å². The molecule has 1 saturated carbocycles. The molecule has 2 atom stereocenters. The molecule has 2 aliphatic carbocycles. The summed E-state index contributed by atoms with van der Waals surface area (Å²) in [7, 11) is 0. The number of carbonyl (C=O) groups excluding carboxylic acids is 2. The Bertz CT molecular complexity index is 1450. The van der Waals surface area contributed by atoms with Gasteiger partial charge in [0.2, 0.25) is 0 Å². The molecule has 46 heavy (non-hydrogen) atoms. The number of unbranched alkanes of at least 4 members (excludes halogenated alkanes) is 2. The number of carbonyl (C=O) groups is 2. The summed E-state index contributed by atoms with van der Waals surface area (Å²) >= 11 is 13.0. The number of benzene rings is 1. The molecule has 11 heteroatoms. The van der Waals surface area contributed by atoms with E-state index in [1.54, 1.807) is 0 Å². The molecule has 1 spiro atoms. The van der Waals surface area contributed by atoms with E-state index in [9.17, 15) is 9.59 Å². The lowest BCUT2D eigenvalue weighted by molar-refractivity contribution is -0.133. The molecule has 248 valence electrons. The largest absolute Gasteiger partial charge is 0.345 e. The maximum absolute atomic E-state index is 14.7. The number of rotatable bonds is 12. The minimum absolute atomic E-state index is 0.0493. The maximum Gasteiger partial charge on any atom is 0.274 e. The first-order chi connectivity index (χ1) is 22.0. The third kappa shape index (κ3) is 8.26. The fraction of sp³-hybridized carbons (Fsp3) is 0.600. The lowest BCUT2D eigenvalue weighted by Crippen LogP contribution is -2.51. The first-order valence-electron chi connectivity index (χ1n) is 16.7. The van der Waals surface area contributed by atoms with E-state index in [2.05, 4.69) is 58.5 Å². The van der Waals surface area contributed by atoms with Gasteiger partial charge in [-0.3, -0.25) is 14.6 Å². The van der Waals surface area contributed by atoms with Crippen LogP contribution in [-0.4, -0.2) is 54.1 Å². The van der Waals surface area contributed by atoms with Crippen molar-refractivity contribution < 1.29 is 9.59 Å². The number of H-pyrrole nitrogens is 1. The van der Waals surface area contributed by atoms with Crippen molar-refractivity contribution in [3.8, 4) is 0 Å². The Kier molecular flexibility index (Phi) is 11.0. The van der Waals surface area contributed by atoms with E-state index in [0.29, 0.717) is 34.5 Å². The Morgan fingerprint density at radius 1 is 1.17 bits per heavy atom. The number of aliphatic imine (C=N–C) groups is 1. The van der Waals surface area contributed by atoms with Crippen molar-refractivity contribution in [3.63, 3.8) is 0 Å². The van der Waals surface area contributed by atoms with E-state index in [-0.39, 0.29) is 35.2 Å². The third-order valence-corrected chi connectivity index (χ3v) is 10.0. The summed E-state index contributed by atoms with van der Waals surface area (Å²) in [5.41, 5.74) is 2.29. The number of hydrogen-bond donors (Lipinski definition) is 2. The van der Waals surface area contributed by atoms with Gasteiger partial charge in [0, 0.05) is 10.6 Å². The van der Waals surface area contributed by atoms with Gasteiger partial charge in [-0.05, 0) is 91.7 Å². The smallest absolute Gasteiger partial charge is 0.274 e. The van der Waals surface area contributed by atoms with E-state index >= 15 is 0 Å². The first-order valence-corrected chi connectivity index (χ1v) is 17.6. The van der Waals surface area contributed by atoms with Crippen molar-refractivity contribution in [2.75, 3.05) is 0 Å². The topological polar surface area (TPSA) is 116 Å². The summed E-state index contributed by atoms with van der Waals surface area (Å²) in [6.45, 7) is 9.11. The zero-order valence-electron chi connectivity index (χ0n) is 27.5. The molecule has 2 aromatic rings. The van der Waals surface area contributed by atoms with Gasteiger partial charge in [-0.15, -0.1) is 21.8 Å². The third-order valence-electron chi connectivity index (χ3n) is 9.52. The van der Waals surface area contributed by atoms with Crippen molar-refractivity contribution >= 4 is 40.7 Å². The number of nitrogens with one attached hydrogen (secondary N) is 2. The van der Waals surface area contributed by atoms with E-state index in [1.807, 2.05) is 36.4 Å². The molecule has 1 aromatic heterocycles. The van der Waals surface area contributed by atoms with Crippen molar-refractivity contribution in [3.05, 3.63) is 64.0 Å². The van der Waals surface area contributed by atoms with E-state index in [1.165, 1.54) is 25.7 Å². The highest BCUT2D eigenvalue weighted by Crippen LogP contribution is 2.48. The quantitative estimate of drug-likeness (QED) is 0.177. The average molecular weight is 669 g/mol. The van der Waals surface area contributed by atoms with Crippen molar-refractivity contribution in [2.45, 2.75) is 122 Å². The van der Waals surface area contributed by atoms with Crippen LogP contribution in [0.5, 0.6) is 0 Å². The first kappa shape index (κ1) is 34.3. The highest BCUT2D eigenvalue weighted by Gasteiger charge is 2.52. The van der Waals surface area contributed by atoms with Gasteiger partial charge in [-0.1, -0.05) is 82.3 Å². The second kappa shape index (κ2) is 14.8. The molecule has 2 unspecified atom stereocenters. The predicted octanol–water partition coefficient (Wildman–Crippen LogP) is 7.81. The zero-order valence-corrected chi connectivity index (χ0v) is 29.0. The Morgan fingerprint density at radius 2 is 1.91 bits per heavy atom. The lowest BCUT2D eigenvalue weighted by Gasteiger charge is -2.46. The van der Waals surface area contributed by atoms with E-state index in [4.69, 9.17) is 28.2 Å². The molecule has 1 aliphatic heterocycles. The van der Waals surface area contributed by atoms with Gasteiger partial charge in [0.25, 0.3) is 11.8 Å². The molecule has 9 nitrogen and oxygen atoms in total. The maximum atomic E-state index is 14.7. The predicted molar refractivity (Wildman–Crippen MR) is 183 cm³/mol. The van der Waals surface area contributed by atoms with Crippen LogP contribution < -0.4 is 5.32 Å². The molecule has 5 rings (SSSR count). The number of aromatic nitrogens is 4. The van der Waals surface area contributed by atoms with Crippen LogP contribution in [0.15, 0.2) is 52.0 Å². The molecule has 3 aliphatic rings. The van der Waals surface area contributed by atoms with Crippen LogP contribution in [0, 0.1) is 11.3 Å². The Balaban J connectivity index is 1.46. The van der Waals surface area contributed by atoms with Crippen LogP contribution in [0.3, 0.4) is 0 Å². The standard InChI is InChI=1S/C35H47Cl2N7O2/c1-5-6-7-8-23-13-17-35(18-14-23)39-31(26-19-27(36)21-28(37)20-26)33(46)44(35)29(15-16-34(2,3)4)24-9-11-25(12-10-24)32(45)38-22-30-40-42-43-41-30/h9-12,19,21,23,28-29H,5-8,13-18,20,22H2,1-4H3,(H,38,45)(H,40,41,42,43). The van der Waals surface area contributed by atoms with Gasteiger partial charge < -0.3 is 10.2 Å². The number of halogens is 2. The Labute approximate surface area is 282 Å². The summed E-state index contributed by atoms with van der Waals surface area (Å²) in [5, 5.41) is 16.8. The highest BCUT2D eigenvalue weighted by molar-refractivity contribution is 6.47. The second-order valence-corrected chi connectivity index (χ2v) is 15.2. The number of allylic oxidation sites excluding steroid dienone is 3. The Morgan fingerprint density at radius 3 is 2.54 bits per heavy atom. The highest BCUT2D eigenvalue weighted by atomic mass is 35.5. The summed E-state index contributed by atoms with van der Waals surface area (Å²) in [4.78, 5) is 35.0. The molecule has 2 heterocycles. The number of hydrogen-bond acceptors (Lipinski definition) is 6. The minimum Gasteiger partial charge on any atom is -0.345 e. The Hall–Kier alpha value is -3.04. The minimum atomic E-state index is -0.618. The molecule has 0 radical (unpaired) electrons. The molecular formula is C35H47Cl2N7O2. The van der Waals surface area contributed by atoms with Gasteiger partial charge in [0.15, 0.2) is 5.82 Å². The summed E-state index contributed by atoms with van der Waals surface area (Å²) in [6, 6.07) is 7.43. The molecule has 2 N–H and O–H groups in total. The van der Waals surface area contributed by atoms with E-state index < -0.39 is 5.66 Å². The van der Waals surface area contributed by atoms with Crippen LogP contribution in [0.4, 0.5) is 0 Å². The lowest BCUT2D eigenvalue weighted by atomic mass is 9.77. The number of alkyl halides is 1. The number of tetrazole rings is 1. The van der Waals surface area contributed by atoms with Crippen LogP contribution >= 0.6 is 23.2 Å².